The first kappa shape index (κ1) is 25.4. The van der Waals surface area contributed by atoms with Gasteiger partial charge in [-0.25, -0.2) is 9.18 Å². The first-order chi connectivity index (χ1) is 17.1. The molecule has 0 spiro atoms. The van der Waals surface area contributed by atoms with Crippen LogP contribution >= 0.6 is 11.6 Å². The minimum absolute atomic E-state index is 0.0401. The van der Waals surface area contributed by atoms with Crippen LogP contribution in [0.25, 0.3) is 22.0 Å². The van der Waals surface area contributed by atoms with Gasteiger partial charge in [-0.3, -0.25) is 10.1 Å². The predicted octanol–water partition coefficient (Wildman–Crippen LogP) is 6.24. The molecule has 2 heterocycles. The number of aromatic amines is 1. The summed E-state index contributed by atoms with van der Waals surface area (Å²) in [6.07, 6.45) is 3.10. The van der Waals surface area contributed by atoms with E-state index < -0.39 is 23.6 Å². The summed E-state index contributed by atoms with van der Waals surface area (Å²) >= 11 is 5.81. The number of alkyl carbamates (subject to hydrolysis) is 1. The first-order valence-electron chi connectivity index (χ1n) is 11.5. The maximum atomic E-state index is 14.0. The number of ether oxygens (including phenoxy) is 2. The van der Waals surface area contributed by atoms with E-state index in [0.29, 0.717) is 17.7 Å². The first-order valence-corrected chi connectivity index (χ1v) is 11.9. The average Bonchev–Trinajstić information content (AvgIpc) is 3.19. The van der Waals surface area contributed by atoms with Gasteiger partial charge >= 0.3 is 6.09 Å². The highest BCUT2D eigenvalue weighted by molar-refractivity contribution is 6.30. The Balaban J connectivity index is 1.50. The number of carbonyl (C=O) groups is 1. The van der Waals surface area contributed by atoms with Crippen LogP contribution in [0.4, 0.5) is 9.18 Å². The van der Waals surface area contributed by atoms with E-state index in [0.717, 1.165) is 27.7 Å². The molecule has 2 aromatic carbocycles. The van der Waals surface area contributed by atoms with Gasteiger partial charge in [0.25, 0.3) is 0 Å². The van der Waals surface area contributed by atoms with Crippen LogP contribution in [0.2, 0.25) is 5.02 Å². The number of H-pyrrole nitrogens is 1. The fourth-order valence-electron chi connectivity index (χ4n) is 3.75. The molecule has 0 saturated heterocycles. The molecule has 0 saturated carbocycles. The summed E-state index contributed by atoms with van der Waals surface area (Å²) in [6, 6.07) is 11.9. The van der Waals surface area contributed by atoms with Gasteiger partial charge in [-0.1, -0.05) is 23.7 Å². The summed E-state index contributed by atoms with van der Waals surface area (Å²) in [7, 11) is 0. The number of hydrogen-bond donors (Lipinski definition) is 2. The second-order valence-corrected chi connectivity index (χ2v) is 10.0. The zero-order valence-corrected chi connectivity index (χ0v) is 21.3. The topological polar surface area (TPSA) is 89.1 Å². The molecule has 1 amide bonds. The molecule has 36 heavy (non-hydrogen) atoms. The lowest BCUT2D eigenvalue weighted by Crippen LogP contribution is -2.43. The highest BCUT2D eigenvalue weighted by Crippen LogP contribution is 2.27. The van der Waals surface area contributed by atoms with Crippen molar-refractivity contribution in [3.63, 3.8) is 0 Å². The molecule has 0 radical (unpaired) electrons. The quantitative estimate of drug-likeness (QED) is 0.307. The smallest absolute Gasteiger partial charge is 0.408 e. The number of amides is 1. The molecular formula is C27H28ClFN4O3. The molecule has 2 aromatic heterocycles. The molecule has 0 unspecified atom stereocenters. The maximum Gasteiger partial charge on any atom is 0.408 e. The number of pyridine rings is 1. The normalized spacial score (nSPS) is 12.4. The molecule has 4 aromatic rings. The molecule has 4 rings (SSSR count). The Morgan fingerprint density at radius 3 is 2.69 bits per heavy atom. The van der Waals surface area contributed by atoms with E-state index >= 15 is 0 Å². The van der Waals surface area contributed by atoms with E-state index in [4.69, 9.17) is 21.1 Å². The largest absolute Gasteiger partial charge is 0.490 e. The van der Waals surface area contributed by atoms with Gasteiger partial charge < -0.3 is 14.8 Å². The molecule has 1 atom stereocenters. The highest BCUT2D eigenvalue weighted by atomic mass is 35.5. The average molecular weight is 511 g/mol. The van der Waals surface area contributed by atoms with Crippen molar-refractivity contribution >= 4 is 28.6 Å². The van der Waals surface area contributed by atoms with Crippen molar-refractivity contribution in [1.29, 1.82) is 0 Å². The van der Waals surface area contributed by atoms with Gasteiger partial charge in [-0.2, -0.15) is 5.10 Å². The van der Waals surface area contributed by atoms with Crippen LogP contribution < -0.4 is 10.1 Å². The highest BCUT2D eigenvalue weighted by Gasteiger charge is 2.21. The number of nitrogens with one attached hydrogen (secondary N) is 2. The van der Waals surface area contributed by atoms with E-state index in [1.54, 1.807) is 39.2 Å². The molecule has 0 aliphatic heterocycles. The van der Waals surface area contributed by atoms with Gasteiger partial charge in [-0.05, 0) is 75.6 Å². The minimum Gasteiger partial charge on any atom is -0.490 e. The van der Waals surface area contributed by atoms with Crippen molar-refractivity contribution in [2.45, 2.75) is 45.8 Å². The summed E-state index contributed by atoms with van der Waals surface area (Å²) in [5.74, 6) is 0.0163. The third kappa shape index (κ3) is 6.51. The third-order valence-electron chi connectivity index (χ3n) is 5.43. The SMILES string of the molecule is Cc1[nH]nc2ccc(-c3cncc(OC[C@H](Cc4ccc(Cl)c(F)c4)NC(=O)OC(C)(C)C)c3)cc12. The number of benzene rings is 2. The minimum atomic E-state index is -0.658. The number of carbonyl (C=O) groups excluding carboxylic acids is 1. The van der Waals surface area contributed by atoms with Gasteiger partial charge in [0.15, 0.2) is 0 Å². The molecule has 188 valence electrons. The number of hydrogen-bond acceptors (Lipinski definition) is 5. The number of aromatic nitrogens is 3. The van der Waals surface area contributed by atoms with Crippen molar-refractivity contribution in [3.05, 3.63) is 77.0 Å². The Morgan fingerprint density at radius 2 is 1.94 bits per heavy atom. The Labute approximate surface area is 214 Å². The number of rotatable bonds is 7. The van der Waals surface area contributed by atoms with E-state index in [1.165, 1.54) is 12.1 Å². The van der Waals surface area contributed by atoms with Crippen LogP contribution in [0.15, 0.2) is 54.9 Å². The van der Waals surface area contributed by atoms with Crippen LogP contribution in [-0.4, -0.2) is 39.5 Å². The van der Waals surface area contributed by atoms with Crippen molar-refractivity contribution in [1.82, 2.24) is 20.5 Å². The van der Waals surface area contributed by atoms with E-state index in [2.05, 4.69) is 26.6 Å². The molecule has 2 N–H and O–H groups in total. The van der Waals surface area contributed by atoms with Gasteiger partial charge in [-0.15, -0.1) is 0 Å². The third-order valence-corrected chi connectivity index (χ3v) is 5.74. The monoisotopic (exact) mass is 510 g/mol. The Kier molecular flexibility index (Phi) is 7.45. The van der Waals surface area contributed by atoms with Gasteiger partial charge in [0, 0.05) is 22.8 Å². The summed E-state index contributed by atoms with van der Waals surface area (Å²) in [4.78, 5) is 16.8. The second kappa shape index (κ2) is 10.5. The molecular weight excluding hydrogens is 483 g/mol. The van der Waals surface area contributed by atoms with Crippen molar-refractivity contribution in [3.8, 4) is 16.9 Å². The number of fused-ring (bicyclic) bond motifs is 1. The molecule has 7 nitrogen and oxygen atoms in total. The lowest BCUT2D eigenvalue weighted by atomic mass is 10.0. The Morgan fingerprint density at radius 1 is 1.14 bits per heavy atom. The zero-order valence-electron chi connectivity index (χ0n) is 20.6. The molecule has 9 heteroatoms. The van der Waals surface area contributed by atoms with E-state index in [-0.39, 0.29) is 11.6 Å². The number of nitrogens with zero attached hydrogens (tertiary/aromatic N) is 2. The van der Waals surface area contributed by atoms with E-state index in [9.17, 15) is 9.18 Å². The fourth-order valence-corrected chi connectivity index (χ4v) is 3.86. The van der Waals surface area contributed by atoms with Crippen molar-refractivity contribution < 1.29 is 18.7 Å². The number of halogens is 2. The predicted molar refractivity (Wildman–Crippen MR) is 138 cm³/mol. The van der Waals surface area contributed by atoms with Gasteiger partial charge in [0.05, 0.1) is 22.8 Å². The standard InChI is InChI=1S/C27H28ClFN4O3/c1-16-22-12-18(6-8-25(22)33-32-16)19-11-21(14-30-13-19)35-15-20(31-26(34)36-27(2,3)4)9-17-5-7-23(28)24(29)10-17/h5-8,10-14,20H,9,15H2,1-4H3,(H,31,34)(H,32,33)/t20-/m0/s1. The summed E-state index contributed by atoms with van der Waals surface area (Å²) < 4.78 is 25.4. The fraction of sp³-hybridized carbons (Fsp3) is 0.296. The molecule has 0 aliphatic carbocycles. The lowest BCUT2D eigenvalue weighted by Gasteiger charge is -2.24. The maximum absolute atomic E-state index is 14.0. The van der Waals surface area contributed by atoms with Crippen molar-refractivity contribution in [2.75, 3.05) is 6.61 Å². The Hall–Kier alpha value is -3.65. The van der Waals surface area contributed by atoms with Crippen LogP contribution in [0.3, 0.4) is 0 Å². The molecule has 0 bridgehead atoms. The van der Waals surface area contributed by atoms with Crippen LogP contribution in [0.5, 0.6) is 5.75 Å². The second-order valence-electron chi connectivity index (χ2n) is 9.60. The molecule has 0 aliphatic rings. The van der Waals surface area contributed by atoms with Crippen LogP contribution in [-0.2, 0) is 11.2 Å². The summed E-state index contributed by atoms with van der Waals surface area (Å²) in [5.41, 5.74) is 3.75. The Bertz CT molecular complexity index is 1380. The van der Waals surface area contributed by atoms with E-state index in [1.807, 2.05) is 25.1 Å². The van der Waals surface area contributed by atoms with Crippen molar-refractivity contribution in [2.24, 2.45) is 0 Å². The van der Waals surface area contributed by atoms with Crippen LogP contribution in [0, 0.1) is 12.7 Å². The summed E-state index contributed by atoms with van der Waals surface area (Å²) in [6.45, 7) is 7.44. The number of aryl methyl sites for hydroxylation is 1. The molecule has 0 fully saturated rings. The zero-order chi connectivity index (χ0) is 25.9. The van der Waals surface area contributed by atoms with Crippen LogP contribution in [0.1, 0.15) is 32.0 Å². The van der Waals surface area contributed by atoms with Gasteiger partial charge in [0.1, 0.15) is 23.8 Å². The summed E-state index contributed by atoms with van der Waals surface area (Å²) in [5, 5.41) is 11.2. The van der Waals surface area contributed by atoms with Gasteiger partial charge in [0.2, 0.25) is 0 Å². The lowest BCUT2D eigenvalue weighted by molar-refractivity contribution is 0.0487.